The van der Waals surface area contributed by atoms with E-state index >= 15 is 0 Å². The van der Waals surface area contributed by atoms with Crippen molar-refractivity contribution < 1.29 is 0 Å². The maximum atomic E-state index is 5.75. The SMILES string of the molecule is Nc1c(-c2nn[nH]n2)nnc2nnnn12. The van der Waals surface area contributed by atoms with Crippen molar-refractivity contribution in [2.45, 2.75) is 0 Å². The lowest BCUT2D eigenvalue weighted by Gasteiger charge is -1.98. The normalized spacial score (nSPS) is 10.9. The number of nitrogens with one attached hydrogen (secondary N) is 1. The summed E-state index contributed by atoms with van der Waals surface area (Å²) in [7, 11) is 0. The number of hydrogen-bond acceptors (Lipinski definition) is 9. The predicted molar refractivity (Wildman–Crippen MR) is 44.0 cm³/mol. The van der Waals surface area contributed by atoms with Gasteiger partial charge in [-0.25, -0.2) is 0 Å². The fraction of sp³-hybridized carbons (Fsp3) is 0. The van der Waals surface area contributed by atoms with Gasteiger partial charge in [0, 0.05) is 0 Å². The molecule has 0 amide bonds. The molecule has 0 fully saturated rings. The number of tetrazole rings is 2. The second-order valence-corrected chi connectivity index (χ2v) is 2.56. The zero-order chi connectivity index (χ0) is 10.3. The molecule has 0 saturated heterocycles. The van der Waals surface area contributed by atoms with Gasteiger partial charge in [0.25, 0.3) is 5.78 Å². The quantitative estimate of drug-likeness (QED) is 0.446. The van der Waals surface area contributed by atoms with Gasteiger partial charge in [-0.2, -0.15) is 9.73 Å². The Kier molecular flexibility index (Phi) is 1.34. The summed E-state index contributed by atoms with van der Waals surface area (Å²) < 4.78 is 1.23. The summed E-state index contributed by atoms with van der Waals surface area (Å²) in [6.07, 6.45) is 0. The molecule has 0 aliphatic carbocycles. The van der Waals surface area contributed by atoms with Gasteiger partial charge in [0.15, 0.2) is 11.5 Å². The first-order valence-electron chi connectivity index (χ1n) is 3.80. The molecule has 3 aromatic heterocycles. The lowest BCUT2D eigenvalue weighted by molar-refractivity contribution is 0.820. The molecule has 0 radical (unpaired) electrons. The molecule has 0 saturated carbocycles. The average Bonchev–Trinajstić information content (AvgIpc) is 2.87. The van der Waals surface area contributed by atoms with Gasteiger partial charge < -0.3 is 5.73 Å². The van der Waals surface area contributed by atoms with Crippen molar-refractivity contribution in [1.82, 2.24) is 50.9 Å². The highest BCUT2D eigenvalue weighted by Gasteiger charge is 2.14. The van der Waals surface area contributed by atoms with Crippen LogP contribution in [0.4, 0.5) is 5.82 Å². The molecule has 0 aliphatic rings. The molecule has 0 unspecified atom stereocenters. The molecule has 0 spiro atoms. The maximum absolute atomic E-state index is 5.75. The van der Waals surface area contributed by atoms with Gasteiger partial charge >= 0.3 is 0 Å². The topological polar surface area (TPSA) is 149 Å². The molecule has 3 N–H and O–H groups in total. The number of aromatic amines is 1. The number of fused-ring (bicyclic) bond motifs is 1. The van der Waals surface area contributed by atoms with Crippen LogP contribution in [0.5, 0.6) is 0 Å². The molecule has 15 heavy (non-hydrogen) atoms. The number of H-pyrrole nitrogens is 1. The van der Waals surface area contributed by atoms with E-state index in [0.717, 1.165) is 0 Å². The summed E-state index contributed by atoms with van der Waals surface area (Å²) >= 11 is 0. The number of hydrogen-bond donors (Lipinski definition) is 2. The van der Waals surface area contributed by atoms with Crippen molar-refractivity contribution in [3.05, 3.63) is 0 Å². The Hall–Kier alpha value is -2.72. The highest BCUT2D eigenvalue weighted by Crippen LogP contribution is 2.16. The van der Waals surface area contributed by atoms with Crippen molar-refractivity contribution >= 4 is 11.6 Å². The fourth-order valence-electron chi connectivity index (χ4n) is 1.07. The van der Waals surface area contributed by atoms with Gasteiger partial charge in [-0.05, 0) is 15.6 Å². The van der Waals surface area contributed by atoms with Crippen molar-refractivity contribution in [3.8, 4) is 11.5 Å². The van der Waals surface area contributed by atoms with Gasteiger partial charge in [0.2, 0.25) is 5.82 Å². The number of nitrogen functional groups attached to an aromatic ring is 1. The largest absolute Gasteiger partial charge is 0.382 e. The zero-order valence-corrected chi connectivity index (χ0v) is 7.10. The third-order valence-corrected chi connectivity index (χ3v) is 1.72. The first-order chi connectivity index (χ1) is 7.36. The number of nitrogens with zero attached hydrogens (tertiary/aromatic N) is 9. The Morgan fingerprint density at radius 1 is 1.13 bits per heavy atom. The van der Waals surface area contributed by atoms with Crippen molar-refractivity contribution in [3.63, 3.8) is 0 Å². The van der Waals surface area contributed by atoms with Crippen molar-refractivity contribution in [2.75, 3.05) is 5.73 Å². The molecule has 74 valence electrons. The lowest BCUT2D eigenvalue weighted by Crippen LogP contribution is -2.06. The Morgan fingerprint density at radius 3 is 2.87 bits per heavy atom. The van der Waals surface area contributed by atoms with E-state index in [1.165, 1.54) is 4.52 Å². The van der Waals surface area contributed by atoms with Gasteiger partial charge in [0.1, 0.15) is 0 Å². The van der Waals surface area contributed by atoms with E-state index < -0.39 is 0 Å². The molecule has 0 bridgehead atoms. The fourth-order valence-corrected chi connectivity index (χ4v) is 1.07. The van der Waals surface area contributed by atoms with Gasteiger partial charge in [-0.15, -0.1) is 20.4 Å². The number of anilines is 1. The average molecular weight is 205 g/mol. The van der Waals surface area contributed by atoms with Crippen molar-refractivity contribution in [1.29, 1.82) is 0 Å². The second-order valence-electron chi connectivity index (χ2n) is 2.56. The summed E-state index contributed by atoms with van der Waals surface area (Å²) in [6, 6.07) is 0. The Bertz CT molecular complexity index is 592. The molecule has 3 aromatic rings. The maximum Gasteiger partial charge on any atom is 0.294 e. The van der Waals surface area contributed by atoms with E-state index in [1.54, 1.807) is 0 Å². The first-order valence-corrected chi connectivity index (χ1v) is 3.80. The summed E-state index contributed by atoms with van der Waals surface area (Å²) in [5.74, 6) is 0.642. The molecular formula is C4H3N11. The molecule has 11 heteroatoms. The van der Waals surface area contributed by atoms with Crippen LogP contribution in [-0.4, -0.2) is 50.9 Å². The Morgan fingerprint density at radius 2 is 2.07 bits per heavy atom. The molecule has 3 heterocycles. The van der Waals surface area contributed by atoms with E-state index in [4.69, 9.17) is 5.73 Å². The summed E-state index contributed by atoms with van der Waals surface area (Å²) in [4.78, 5) is 0. The number of aromatic nitrogens is 10. The van der Waals surface area contributed by atoms with Crippen LogP contribution in [0.2, 0.25) is 0 Å². The van der Waals surface area contributed by atoms with Gasteiger partial charge in [0.05, 0.1) is 0 Å². The minimum absolute atomic E-state index is 0.200. The summed E-state index contributed by atoms with van der Waals surface area (Å²) in [5, 5.41) is 31.3. The molecule has 11 nitrogen and oxygen atoms in total. The monoisotopic (exact) mass is 205 g/mol. The minimum Gasteiger partial charge on any atom is -0.382 e. The highest BCUT2D eigenvalue weighted by atomic mass is 15.6. The van der Waals surface area contributed by atoms with Crippen LogP contribution in [0.1, 0.15) is 0 Å². The van der Waals surface area contributed by atoms with E-state index in [-0.39, 0.29) is 23.1 Å². The Labute approximate surface area is 80.7 Å². The molecule has 0 atom stereocenters. The minimum atomic E-state index is 0.200. The number of rotatable bonds is 1. The smallest absolute Gasteiger partial charge is 0.294 e. The Balaban J connectivity index is 2.32. The third kappa shape index (κ3) is 0.993. The molecule has 0 aliphatic heterocycles. The van der Waals surface area contributed by atoms with E-state index in [2.05, 4.69) is 46.3 Å². The molecular weight excluding hydrogens is 202 g/mol. The van der Waals surface area contributed by atoms with Crippen LogP contribution in [0.15, 0.2) is 0 Å². The van der Waals surface area contributed by atoms with Crippen LogP contribution >= 0.6 is 0 Å². The molecule has 3 rings (SSSR count). The van der Waals surface area contributed by atoms with Crippen LogP contribution in [0.3, 0.4) is 0 Å². The van der Waals surface area contributed by atoms with Crippen LogP contribution < -0.4 is 5.73 Å². The number of nitrogens with two attached hydrogens (primary N) is 1. The third-order valence-electron chi connectivity index (χ3n) is 1.72. The van der Waals surface area contributed by atoms with Gasteiger partial charge in [-0.3, -0.25) is 0 Å². The van der Waals surface area contributed by atoms with Gasteiger partial charge in [-0.1, -0.05) is 5.10 Å². The predicted octanol–water partition coefficient (Wildman–Crippen LogP) is -2.32. The lowest BCUT2D eigenvalue weighted by atomic mass is 10.4. The van der Waals surface area contributed by atoms with E-state index in [0.29, 0.717) is 0 Å². The first kappa shape index (κ1) is 7.66. The van der Waals surface area contributed by atoms with Crippen molar-refractivity contribution in [2.24, 2.45) is 0 Å². The van der Waals surface area contributed by atoms with E-state index in [1.807, 2.05) is 0 Å². The van der Waals surface area contributed by atoms with Crippen LogP contribution in [0.25, 0.3) is 17.3 Å². The summed E-state index contributed by atoms with van der Waals surface area (Å²) in [5.41, 5.74) is 6.02. The highest BCUT2D eigenvalue weighted by molar-refractivity contribution is 5.63. The summed E-state index contributed by atoms with van der Waals surface area (Å²) in [6.45, 7) is 0. The van der Waals surface area contributed by atoms with Crippen LogP contribution in [-0.2, 0) is 0 Å². The zero-order valence-electron chi connectivity index (χ0n) is 7.10. The second kappa shape index (κ2) is 2.63. The van der Waals surface area contributed by atoms with Crippen LogP contribution in [0, 0.1) is 0 Å². The molecule has 0 aromatic carbocycles. The van der Waals surface area contributed by atoms with E-state index in [9.17, 15) is 0 Å². The standard InChI is InChI=1S/C4H3N11/c5-2-1(3-7-11-12-8-3)6-9-4-10-13-14-15(2)4/h5H2,(H,7,8,11,12).